The highest BCUT2D eigenvalue weighted by Crippen LogP contribution is 2.27. The number of rotatable bonds is 8. The molecule has 0 fully saturated rings. The average molecular weight is 434 g/mol. The molecule has 1 aromatic heterocycles. The molecule has 6 nitrogen and oxygen atoms in total. The van der Waals surface area contributed by atoms with Crippen LogP contribution in [0, 0.1) is 6.92 Å². The monoisotopic (exact) mass is 433 g/mol. The molecule has 4 aromatic rings. The molecule has 0 radical (unpaired) electrons. The topological polar surface area (TPSA) is 81.2 Å². The fourth-order valence-corrected chi connectivity index (χ4v) is 4.53. The standard InChI is InChI=1S/C24H23N3O3S/c1-18-10-5-8-16-22(18)31(28,29)27-23-24(26-21-15-7-6-14-20(21)25-23)30-17-9-13-19-11-3-2-4-12-19/h2-8,10-12,14-16H,9,13,17H2,1H3,(H,25,27). The van der Waals surface area contributed by atoms with Crippen molar-refractivity contribution in [2.75, 3.05) is 11.3 Å². The lowest BCUT2D eigenvalue weighted by Gasteiger charge is -2.14. The van der Waals surface area contributed by atoms with Gasteiger partial charge in [0.15, 0.2) is 0 Å². The van der Waals surface area contributed by atoms with E-state index in [1.54, 1.807) is 37.3 Å². The minimum Gasteiger partial charge on any atom is -0.475 e. The van der Waals surface area contributed by atoms with Crippen molar-refractivity contribution in [1.29, 1.82) is 0 Å². The highest BCUT2D eigenvalue weighted by molar-refractivity contribution is 7.92. The molecular formula is C24H23N3O3S. The van der Waals surface area contributed by atoms with Crippen LogP contribution in [0.1, 0.15) is 17.5 Å². The van der Waals surface area contributed by atoms with Crippen molar-refractivity contribution in [3.05, 3.63) is 90.0 Å². The fraction of sp³-hybridized carbons (Fsp3) is 0.167. The van der Waals surface area contributed by atoms with Crippen LogP contribution < -0.4 is 9.46 Å². The molecular weight excluding hydrogens is 410 g/mol. The summed E-state index contributed by atoms with van der Waals surface area (Å²) in [5.41, 5.74) is 3.09. The molecule has 0 spiro atoms. The van der Waals surface area contributed by atoms with E-state index in [9.17, 15) is 8.42 Å². The van der Waals surface area contributed by atoms with Crippen LogP contribution in [0.3, 0.4) is 0 Å². The number of hydrogen-bond donors (Lipinski definition) is 1. The van der Waals surface area contributed by atoms with Gasteiger partial charge in [-0.25, -0.2) is 18.4 Å². The van der Waals surface area contributed by atoms with Crippen LogP contribution in [0.15, 0.2) is 83.8 Å². The minimum absolute atomic E-state index is 0.0849. The van der Waals surface area contributed by atoms with Crippen molar-refractivity contribution >= 4 is 26.9 Å². The van der Waals surface area contributed by atoms with Crippen LogP contribution >= 0.6 is 0 Å². The van der Waals surface area contributed by atoms with Gasteiger partial charge < -0.3 is 4.74 Å². The lowest BCUT2D eigenvalue weighted by molar-refractivity contribution is 0.301. The highest BCUT2D eigenvalue weighted by Gasteiger charge is 2.21. The maximum atomic E-state index is 13.0. The van der Waals surface area contributed by atoms with Crippen molar-refractivity contribution in [3.63, 3.8) is 0 Å². The summed E-state index contributed by atoms with van der Waals surface area (Å²) in [6.07, 6.45) is 1.62. The van der Waals surface area contributed by atoms with Gasteiger partial charge in [0.2, 0.25) is 5.82 Å². The number of hydrogen-bond acceptors (Lipinski definition) is 5. The van der Waals surface area contributed by atoms with E-state index in [-0.39, 0.29) is 16.6 Å². The van der Waals surface area contributed by atoms with E-state index in [4.69, 9.17) is 4.74 Å². The zero-order valence-corrected chi connectivity index (χ0v) is 18.0. The van der Waals surface area contributed by atoms with Gasteiger partial charge in [0, 0.05) is 0 Å². The molecule has 0 saturated carbocycles. The first kappa shape index (κ1) is 20.8. The molecule has 0 saturated heterocycles. The second-order valence-corrected chi connectivity index (χ2v) is 8.83. The number of nitrogens with one attached hydrogen (secondary N) is 1. The first-order valence-corrected chi connectivity index (χ1v) is 11.5. The van der Waals surface area contributed by atoms with Gasteiger partial charge in [-0.05, 0) is 49.1 Å². The molecule has 158 valence electrons. The Hall–Kier alpha value is -3.45. The fourth-order valence-electron chi connectivity index (χ4n) is 3.28. The van der Waals surface area contributed by atoms with Crippen LogP contribution in [0.25, 0.3) is 11.0 Å². The van der Waals surface area contributed by atoms with Crippen LogP contribution in [0.5, 0.6) is 5.88 Å². The van der Waals surface area contributed by atoms with E-state index >= 15 is 0 Å². The van der Waals surface area contributed by atoms with E-state index < -0.39 is 10.0 Å². The maximum absolute atomic E-state index is 13.0. The molecule has 3 aromatic carbocycles. The van der Waals surface area contributed by atoms with Crippen LogP contribution in [-0.2, 0) is 16.4 Å². The number of ether oxygens (including phenoxy) is 1. The van der Waals surface area contributed by atoms with Gasteiger partial charge in [0.25, 0.3) is 15.9 Å². The molecule has 7 heteroatoms. The molecule has 0 aliphatic heterocycles. The van der Waals surface area contributed by atoms with Gasteiger partial charge in [0.05, 0.1) is 22.5 Å². The number of anilines is 1. The van der Waals surface area contributed by atoms with Gasteiger partial charge in [-0.3, -0.25) is 4.72 Å². The van der Waals surface area contributed by atoms with Gasteiger partial charge in [-0.2, -0.15) is 0 Å². The second-order valence-electron chi connectivity index (χ2n) is 7.17. The third-order valence-electron chi connectivity index (χ3n) is 4.84. The average Bonchev–Trinajstić information content (AvgIpc) is 2.77. The zero-order chi connectivity index (χ0) is 21.7. The largest absolute Gasteiger partial charge is 0.475 e. The van der Waals surface area contributed by atoms with Crippen molar-refractivity contribution in [2.45, 2.75) is 24.7 Å². The molecule has 1 heterocycles. The predicted molar refractivity (Wildman–Crippen MR) is 122 cm³/mol. The quantitative estimate of drug-likeness (QED) is 0.406. The normalized spacial score (nSPS) is 11.4. The summed E-state index contributed by atoms with van der Waals surface area (Å²) in [5.74, 6) is 0.255. The van der Waals surface area contributed by atoms with Crippen LogP contribution in [-0.4, -0.2) is 25.0 Å². The second kappa shape index (κ2) is 9.14. The lowest BCUT2D eigenvalue weighted by atomic mass is 10.1. The number of aryl methyl sites for hydroxylation is 2. The van der Waals surface area contributed by atoms with E-state index in [0.717, 1.165) is 12.8 Å². The summed E-state index contributed by atoms with van der Waals surface area (Å²) >= 11 is 0. The van der Waals surface area contributed by atoms with Crippen LogP contribution in [0.4, 0.5) is 5.82 Å². The molecule has 0 aliphatic carbocycles. The number of sulfonamides is 1. The molecule has 0 amide bonds. The van der Waals surface area contributed by atoms with Crippen molar-refractivity contribution in [3.8, 4) is 5.88 Å². The van der Waals surface area contributed by atoms with Crippen molar-refractivity contribution < 1.29 is 13.2 Å². The third kappa shape index (κ3) is 5.00. The summed E-state index contributed by atoms with van der Waals surface area (Å²) in [7, 11) is -3.84. The number of benzene rings is 3. The zero-order valence-electron chi connectivity index (χ0n) is 17.2. The molecule has 0 atom stereocenters. The number of nitrogens with zero attached hydrogens (tertiary/aromatic N) is 2. The Morgan fingerprint density at radius 2 is 1.48 bits per heavy atom. The summed E-state index contributed by atoms with van der Waals surface area (Å²) in [6, 6.07) is 24.2. The minimum atomic E-state index is -3.84. The third-order valence-corrected chi connectivity index (χ3v) is 6.34. The number of aromatic nitrogens is 2. The van der Waals surface area contributed by atoms with E-state index in [0.29, 0.717) is 23.2 Å². The van der Waals surface area contributed by atoms with Crippen molar-refractivity contribution in [1.82, 2.24) is 9.97 Å². The number of para-hydroxylation sites is 2. The SMILES string of the molecule is Cc1ccccc1S(=O)(=O)Nc1nc2ccccc2nc1OCCCc1ccccc1. The van der Waals surface area contributed by atoms with E-state index in [1.807, 2.05) is 36.4 Å². The van der Waals surface area contributed by atoms with Gasteiger partial charge in [0.1, 0.15) is 0 Å². The Morgan fingerprint density at radius 3 is 2.23 bits per heavy atom. The molecule has 0 unspecified atom stereocenters. The van der Waals surface area contributed by atoms with Crippen LogP contribution in [0.2, 0.25) is 0 Å². The predicted octanol–water partition coefficient (Wildman–Crippen LogP) is 4.75. The first-order chi connectivity index (χ1) is 15.0. The summed E-state index contributed by atoms with van der Waals surface area (Å²) in [5, 5.41) is 0. The molecule has 4 rings (SSSR count). The summed E-state index contributed by atoms with van der Waals surface area (Å²) in [4.78, 5) is 9.18. The summed E-state index contributed by atoms with van der Waals surface area (Å²) < 4.78 is 34.4. The highest BCUT2D eigenvalue weighted by atomic mass is 32.2. The molecule has 1 N–H and O–H groups in total. The Morgan fingerprint density at radius 1 is 0.839 bits per heavy atom. The Balaban J connectivity index is 1.58. The van der Waals surface area contributed by atoms with Gasteiger partial charge >= 0.3 is 0 Å². The van der Waals surface area contributed by atoms with Gasteiger partial charge in [-0.1, -0.05) is 60.7 Å². The van der Waals surface area contributed by atoms with Crippen molar-refractivity contribution in [2.24, 2.45) is 0 Å². The molecule has 31 heavy (non-hydrogen) atoms. The Bertz CT molecular complexity index is 1290. The Labute approximate surface area is 182 Å². The summed E-state index contributed by atoms with van der Waals surface area (Å²) in [6.45, 7) is 2.14. The lowest BCUT2D eigenvalue weighted by Crippen LogP contribution is -2.17. The number of fused-ring (bicyclic) bond motifs is 1. The molecule has 0 aliphatic rings. The Kier molecular flexibility index (Phi) is 6.13. The molecule has 0 bridgehead atoms. The van der Waals surface area contributed by atoms with Gasteiger partial charge in [-0.15, -0.1) is 0 Å². The first-order valence-electron chi connectivity index (χ1n) is 10.0. The smallest absolute Gasteiger partial charge is 0.263 e. The maximum Gasteiger partial charge on any atom is 0.263 e. The van der Waals surface area contributed by atoms with E-state index in [1.165, 1.54) is 5.56 Å². The van der Waals surface area contributed by atoms with E-state index in [2.05, 4.69) is 26.8 Å².